The number of nitrogens with one attached hydrogen (secondary N) is 2. The van der Waals surface area contributed by atoms with E-state index in [0.717, 1.165) is 18.2 Å². The van der Waals surface area contributed by atoms with Gasteiger partial charge in [-0.25, -0.2) is 22.6 Å². The molecule has 186 valence electrons. The maximum atomic E-state index is 14.9. The van der Waals surface area contributed by atoms with Crippen LogP contribution in [0.3, 0.4) is 0 Å². The van der Waals surface area contributed by atoms with Gasteiger partial charge in [-0.1, -0.05) is 0 Å². The Morgan fingerprint density at radius 1 is 1.20 bits per heavy atom. The van der Waals surface area contributed by atoms with Gasteiger partial charge in [0.25, 0.3) is 11.8 Å². The maximum absolute atomic E-state index is 14.9. The lowest BCUT2D eigenvalue weighted by molar-refractivity contribution is -0.119. The number of halogens is 4. The monoisotopic (exact) mass is 490 g/mol. The number of carbonyl (C=O) groups is 1. The Hall–Kier alpha value is -3.27. The van der Waals surface area contributed by atoms with Gasteiger partial charge in [0, 0.05) is 43.1 Å². The number of rotatable bonds is 6. The van der Waals surface area contributed by atoms with E-state index in [9.17, 15) is 22.4 Å². The molecule has 1 aromatic heterocycles. The molecule has 1 amide bonds. The summed E-state index contributed by atoms with van der Waals surface area (Å²) in [6.45, 7) is 3.43. The highest BCUT2D eigenvalue weighted by Gasteiger charge is 2.42. The first-order valence-electron chi connectivity index (χ1n) is 11.4. The summed E-state index contributed by atoms with van der Waals surface area (Å²) in [4.78, 5) is 21.7. The summed E-state index contributed by atoms with van der Waals surface area (Å²) in [5.74, 6) is -6.55. The molecular formula is C25H26F4N4O2. The molecule has 2 aliphatic rings. The smallest absolute Gasteiger partial charge is 0.268 e. The molecule has 1 unspecified atom stereocenters. The molecule has 0 bridgehead atoms. The standard InChI is InChI=1S/C25H26F4N4O2/c1-15(2)35-25(20-12-17(26)5-6-21(20)27)31-14-19(22(33-25)16-4-3-11-30-13-16)23(34)32-18-7-9-24(28,29)10-8-18/h3-6,11-15,18,33H,7-10H2,1-2H3,(H,32,34). The largest absolute Gasteiger partial charge is 0.349 e. The van der Waals surface area contributed by atoms with Gasteiger partial charge in [0.2, 0.25) is 5.92 Å². The van der Waals surface area contributed by atoms with Crippen LogP contribution in [-0.4, -0.2) is 35.2 Å². The van der Waals surface area contributed by atoms with Crippen molar-refractivity contribution in [2.75, 3.05) is 0 Å². The molecule has 0 saturated heterocycles. The lowest BCUT2D eigenvalue weighted by Gasteiger charge is -2.38. The zero-order valence-corrected chi connectivity index (χ0v) is 19.3. The first-order chi connectivity index (χ1) is 16.6. The minimum atomic E-state index is -2.72. The second kappa shape index (κ2) is 9.77. The molecule has 35 heavy (non-hydrogen) atoms. The third-order valence-corrected chi connectivity index (χ3v) is 5.89. The Morgan fingerprint density at radius 2 is 1.94 bits per heavy atom. The van der Waals surface area contributed by atoms with Crippen molar-refractivity contribution >= 4 is 17.8 Å². The number of benzene rings is 1. The highest BCUT2D eigenvalue weighted by Crippen LogP contribution is 2.36. The Kier molecular flexibility index (Phi) is 6.93. The SMILES string of the molecule is CC(C)OC1(c2cc(F)ccc2F)N=CC(C(=O)NC2CCC(F)(F)CC2)=C(c2cccnc2)N1. The van der Waals surface area contributed by atoms with Crippen molar-refractivity contribution in [1.29, 1.82) is 0 Å². The molecule has 1 aliphatic carbocycles. The van der Waals surface area contributed by atoms with Gasteiger partial charge in [-0.2, -0.15) is 0 Å². The molecule has 1 aliphatic heterocycles. The molecule has 6 nitrogen and oxygen atoms in total. The van der Waals surface area contributed by atoms with E-state index >= 15 is 0 Å². The van der Waals surface area contributed by atoms with Crippen molar-refractivity contribution in [1.82, 2.24) is 15.6 Å². The predicted octanol–water partition coefficient (Wildman–Crippen LogP) is 4.67. The van der Waals surface area contributed by atoms with Crippen LogP contribution >= 0.6 is 0 Å². The van der Waals surface area contributed by atoms with Crippen LogP contribution < -0.4 is 10.6 Å². The summed E-state index contributed by atoms with van der Waals surface area (Å²) >= 11 is 0. The summed E-state index contributed by atoms with van der Waals surface area (Å²) in [5, 5.41) is 5.81. The Labute approximate surface area is 200 Å². The lowest BCUT2D eigenvalue weighted by Crippen LogP contribution is -2.49. The topological polar surface area (TPSA) is 75.6 Å². The molecule has 0 radical (unpaired) electrons. The van der Waals surface area contributed by atoms with Crippen molar-refractivity contribution in [2.24, 2.45) is 4.99 Å². The van der Waals surface area contributed by atoms with Crippen LogP contribution in [0.4, 0.5) is 17.6 Å². The van der Waals surface area contributed by atoms with Crippen LogP contribution in [0.15, 0.2) is 53.3 Å². The van der Waals surface area contributed by atoms with Crippen LogP contribution in [0.2, 0.25) is 0 Å². The minimum Gasteiger partial charge on any atom is -0.349 e. The van der Waals surface area contributed by atoms with E-state index in [4.69, 9.17) is 4.74 Å². The number of hydrogen-bond donors (Lipinski definition) is 2. The lowest BCUT2D eigenvalue weighted by atomic mass is 9.92. The van der Waals surface area contributed by atoms with Crippen LogP contribution in [0.5, 0.6) is 0 Å². The quantitative estimate of drug-likeness (QED) is 0.577. The third kappa shape index (κ3) is 5.53. The number of nitrogens with zero attached hydrogens (tertiary/aromatic N) is 2. The highest BCUT2D eigenvalue weighted by molar-refractivity contribution is 6.18. The van der Waals surface area contributed by atoms with Gasteiger partial charge < -0.3 is 15.4 Å². The van der Waals surface area contributed by atoms with Gasteiger partial charge in [0.1, 0.15) is 11.6 Å². The average Bonchev–Trinajstić information content (AvgIpc) is 2.82. The molecule has 10 heteroatoms. The van der Waals surface area contributed by atoms with E-state index in [-0.39, 0.29) is 42.5 Å². The fourth-order valence-electron chi connectivity index (χ4n) is 4.21. The van der Waals surface area contributed by atoms with Crippen molar-refractivity contribution in [3.05, 3.63) is 71.1 Å². The van der Waals surface area contributed by atoms with Gasteiger partial charge >= 0.3 is 0 Å². The molecule has 0 spiro atoms. The van der Waals surface area contributed by atoms with Crippen molar-refractivity contribution in [3.8, 4) is 0 Å². The number of aromatic nitrogens is 1. The Balaban J connectivity index is 1.73. The van der Waals surface area contributed by atoms with Crippen molar-refractivity contribution in [3.63, 3.8) is 0 Å². The van der Waals surface area contributed by atoms with Crippen LogP contribution in [-0.2, 0) is 15.4 Å². The number of alkyl halides is 2. The predicted molar refractivity (Wildman–Crippen MR) is 122 cm³/mol. The molecule has 1 saturated carbocycles. The van der Waals surface area contributed by atoms with Gasteiger partial charge in [0.15, 0.2) is 0 Å². The number of amides is 1. The van der Waals surface area contributed by atoms with Crippen LogP contribution in [0.1, 0.15) is 50.7 Å². The van der Waals surface area contributed by atoms with Crippen LogP contribution in [0, 0.1) is 11.6 Å². The number of aliphatic imine (C=N–C) groups is 1. The maximum Gasteiger partial charge on any atom is 0.268 e. The summed E-state index contributed by atoms with van der Waals surface area (Å²) in [6.07, 6.45) is 3.51. The molecule has 2 N–H and O–H groups in total. The second-order valence-electron chi connectivity index (χ2n) is 8.95. The van der Waals surface area contributed by atoms with Crippen molar-refractivity contribution in [2.45, 2.75) is 63.4 Å². The first-order valence-corrected chi connectivity index (χ1v) is 11.4. The number of ether oxygens (including phenoxy) is 1. The average molecular weight is 491 g/mol. The number of hydrogen-bond acceptors (Lipinski definition) is 5. The van der Waals surface area contributed by atoms with E-state index in [1.807, 2.05) is 0 Å². The molecule has 1 atom stereocenters. The third-order valence-electron chi connectivity index (χ3n) is 5.89. The fourth-order valence-corrected chi connectivity index (χ4v) is 4.21. The minimum absolute atomic E-state index is 0.0927. The van der Waals surface area contributed by atoms with Crippen molar-refractivity contribution < 1.29 is 27.1 Å². The summed E-state index contributed by atoms with van der Waals surface area (Å²) in [5.41, 5.74) is 0.608. The van der Waals surface area contributed by atoms with E-state index < -0.39 is 41.5 Å². The van der Waals surface area contributed by atoms with Gasteiger partial charge in [-0.05, 0) is 57.0 Å². The van der Waals surface area contributed by atoms with Gasteiger partial charge in [-0.15, -0.1) is 0 Å². The number of carbonyl (C=O) groups excluding carboxylic acids is 1. The number of pyridine rings is 1. The normalized spacial score (nSPS) is 22.3. The van der Waals surface area contributed by atoms with E-state index in [2.05, 4.69) is 20.6 Å². The summed E-state index contributed by atoms with van der Waals surface area (Å²) in [6, 6.07) is 5.86. The molecule has 4 rings (SSSR count). The zero-order chi connectivity index (χ0) is 25.2. The Bertz CT molecular complexity index is 1140. The van der Waals surface area contributed by atoms with E-state index in [0.29, 0.717) is 5.56 Å². The molecule has 1 aromatic carbocycles. The molecule has 1 fully saturated rings. The van der Waals surface area contributed by atoms with Crippen LogP contribution in [0.25, 0.3) is 5.70 Å². The second-order valence-corrected chi connectivity index (χ2v) is 8.95. The molecule has 2 heterocycles. The first kappa shape index (κ1) is 24.8. The molecular weight excluding hydrogens is 464 g/mol. The van der Waals surface area contributed by atoms with E-state index in [1.165, 1.54) is 12.4 Å². The van der Waals surface area contributed by atoms with Gasteiger partial charge in [-0.3, -0.25) is 9.78 Å². The highest BCUT2D eigenvalue weighted by atomic mass is 19.3. The van der Waals surface area contributed by atoms with E-state index in [1.54, 1.807) is 32.2 Å². The zero-order valence-electron chi connectivity index (χ0n) is 19.3. The fraction of sp³-hybridized carbons (Fsp3) is 0.400. The van der Waals surface area contributed by atoms with Gasteiger partial charge in [0.05, 0.1) is 22.9 Å². The Morgan fingerprint density at radius 3 is 2.60 bits per heavy atom. The summed E-state index contributed by atoms with van der Waals surface area (Å²) < 4.78 is 62.0. The molecule has 2 aromatic rings. The summed E-state index contributed by atoms with van der Waals surface area (Å²) in [7, 11) is 0.